The number of aliphatic carboxylic acids is 1. The van der Waals surface area contributed by atoms with Crippen LogP contribution in [0.25, 0.3) is 12.2 Å². The molecule has 2 aromatic carbocycles. The van der Waals surface area contributed by atoms with Crippen LogP contribution >= 0.6 is 0 Å². The third kappa shape index (κ3) is 5.82. The van der Waals surface area contributed by atoms with Crippen molar-refractivity contribution in [3.8, 4) is 11.5 Å². The van der Waals surface area contributed by atoms with Gasteiger partial charge in [0.05, 0.1) is 0 Å². The molecule has 0 radical (unpaired) electrons. The second-order valence-corrected chi connectivity index (χ2v) is 4.45. The van der Waals surface area contributed by atoms with Crippen LogP contribution in [0.15, 0.2) is 42.5 Å². The van der Waals surface area contributed by atoms with Crippen LogP contribution in [0.4, 0.5) is 0 Å². The SMILES string of the molecule is CC(=O)O.Cc1c(O)cc(C=Cc2ccccc2)cc1O. The zero-order valence-electron chi connectivity index (χ0n) is 11.9. The first-order valence-corrected chi connectivity index (χ1v) is 6.35. The molecule has 2 aromatic rings. The van der Waals surface area contributed by atoms with E-state index in [1.165, 1.54) is 0 Å². The highest BCUT2D eigenvalue weighted by atomic mass is 16.4. The number of hydrogen-bond donors (Lipinski definition) is 3. The number of rotatable bonds is 2. The number of hydrogen-bond acceptors (Lipinski definition) is 3. The molecular formula is C17H18O4. The van der Waals surface area contributed by atoms with Crippen molar-refractivity contribution in [3.63, 3.8) is 0 Å². The molecule has 0 aliphatic heterocycles. The topological polar surface area (TPSA) is 77.8 Å². The standard InChI is InChI=1S/C15H14O2.C2H4O2/c1-11-14(16)9-13(10-15(11)17)8-7-12-5-3-2-4-6-12;1-2(3)4/h2-10,16-17H,1H3;1H3,(H,3,4). The van der Waals surface area contributed by atoms with Crippen molar-refractivity contribution in [2.24, 2.45) is 0 Å². The predicted octanol–water partition coefficient (Wildman–Crippen LogP) is 3.67. The third-order valence-corrected chi connectivity index (χ3v) is 2.64. The van der Waals surface area contributed by atoms with Crippen molar-refractivity contribution in [2.45, 2.75) is 13.8 Å². The number of carboxylic acids is 1. The van der Waals surface area contributed by atoms with Gasteiger partial charge in [0.25, 0.3) is 5.97 Å². The molecule has 0 saturated carbocycles. The maximum Gasteiger partial charge on any atom is 0.300 e. The monoisotopic (exact) mass is 286 g/mol. The van der Waals surface area contributed by atoms with Crippen LogP contribution in [-0.2, 0) is 4.79 Å². The first kappa shape index (κ1) is 16.3. The Morgan fingerprint density at radius 3 is 1.86 bits per heavy atom. The smallest absolute Gasteiger partial charge is 0.300 e. The van der Waals surface area contributed by atoms with Gasteiger partial charge in [-0.3, -0.25) is 4.79 Å². The van der Waals surface area contributed by atoms with E-state index < -0.39 is 5.97 Å². The molecule has 0 aromatic heterocycles. The number of phenols is 2. The molecule has 0 bridgehead atoms. The number of benzene rings is 2. The first-order valence-electron chi connectivity index (χ1n) is 6.35. The van der Waals surface area contributed by atoms with E-state index in [0.717, 1.165) is 18.1 Å². The molecule has 3 N–H and O–H groups in total. The zero-order valence-corrected chi connectivity index (χ0v) is 11.9. The third-order valence-electron chi connectivity index (χ3n) is 2.64. The Hall–Kier alpha value is -2.75. The van der Waals surface area contributed by atoms with Crippen LogP contribution in [0.1, 0.15) is 23.6 Å². The van der Waals surface area contributed by atoms with Crippen LogP contribution in [0.3, 0.4) is 0 Å². The Morgan fingerprint density at radius 2 is 1.38 bits per heavy atom. The van der Waals surface area contributed by atoms with Crippen LogP contribution in [-0.4, -0.2) is 21.3 Å². The van der Waals surface area contributed by atoms with Gasteiger partial charge in [-0.15, -0.1) is 0 Å². The molecule has 0 aliphatic rings. The van der Waals surface area contributed by atoms with Gasteiger partial charge in [-0.25, -0.2) is 0 Å². The van der Waals surface area contributed by atoms with Crippen molar-refractivity contribution in [1.82, 2.24) is 0 Å². The molecule has 4 nitrogen and oxygen atoms in total. The van der Waals surface area contributed by atoms with E-state index in [-0.39, 0.29) is 11.5 Å². The van der Waals surface area contributed by atoms with Gasteiger partial charge in [-0.2, -0.15) is 0 Å². The van der Waals surface area contributed by atoms with Gasteiger partial charge in [-0.05, 0) is 30.2 Å². The quantitative estimate of drug-likeness (QED) is 0.736. The van der Waals surface area contributed by atoms with Gasteiger partial charge >= 0.3 is 0 Å². The van der Waals surface area contributed by atoms with Gasteiger partial charge in [-0.1, -0.05) is 42.5 Å². The lowest BCUT2D eigenvalue weighted by Gasteiger charge is -2.03. The molecule has 110 valence electrons. The number of carboxylic acid groups (broad SMARTS) is 1. The summed E-state index contributed by atoms with van der Waals surface area (Å²) in [6, 6.07) is 13.1. The van der Waals surface area contributed by atoms with E-state index in [4.69, 9.17) is 9.90 Å². The van der Waals surface area contributed by atoms with Crippen molar-refractivity contribution in [3.05, 3.63) is 59.2 Å². The molecule has 0 unspecified atom stereocenters. The van der Waals surface area contributed by atoms with Gasteiger partial charge in [0, 0.05) is 12.5 Å². The van der Waals surface area contributed by atoms with Gasteiger partial charge < -0.3 is 15.3 Å². The van der Waals surface area contributed by atoms with Crippen LogP contribution < -0.4 is 0 Å². The minimum Gasteiger partial charge on any atom is -0.508 e. The summed E-state index contributed by atoms with van der Waals surface area (Å²) in [5.41, 5.74) is 2.35. The molecule has 21 heavy (non-hydrogen) atoms. The highest BCUT2D eigenvalue weighted by molar-refractivity contribution is 5.71. The summed E-state index contributed by atoms with van der Waals surface area (Å²) in [7, 11) is 0. The Balaban J connectivity index is 0.000000491. The lowest BCUT2D eigenvalue weighted by Crippen LogP contribution is -1.79. The van der Waals surface area contributed by atoms with Gasteiger partial charge in [0.1, 0.15) is 11.5 Å². The summed E-state index contributed by atoms with van der Waals surface area (Å²) < 4.78 is 0. The van der Waals surface area contributed by atoms with E-state index in [2.05, 4.69) is 0 Å². The van der Waals surface area contributed by atoms with Crippen LogP contribution in [0.5, 0.6) is 11.5 Å². The summed E-state index contributed by atoms with van der Waals surface area (Å²) >= 11 is 0. The van der Waals surface area contributed by atoms with Crippen molar-refractivity contribution in [1.29, 1.82) is 0 Å². The number of phenolic OH excluding ortho intramolecular Hbond substituents is 2. The lowest BCUT2D eigenvalue weighted by atomic mass is 10.1. The Kier molecular flexibility index (Phi) is 6.01. The van der Waals surface area contributed by atoms with E-state index in [1.807, 2.05) is 42.5 Å². The summed E-state index contributed by atoms with van der Waals surface area (Å²) in [6.45, 7) is 2.76. The molecule has 0 amide bonds. The molecule has 0 spiro atoms. The van der Waals surface area contributed by atoms with E-state index >= 15 is 0 Å². The van der Waals surface area contributed by atoms with Gasteiger partial charge in [0.2, 0.25) is 0 Å². The molecule has 0 atom stereocenters. The van der Waals surface area contributed by atoms with Crippen LogP contribution in [0, 0.1) is 6.92 Å². The average Bonchev–Trinajstić information content (AvgIpc) is 2.43. The Bertz CT molecular complexity index is 603. The van der Waals surface area contributed by atoms with Gasteiger partial charge in [0.15, 0.2) is 0 Å². The minimum atomic E-state index is -0.833. The fourth-order valence-electron chi connectivity index (χ4n) is 1.56. The Morgan fingerprint density at radius 1 is 0.952 bits per heavy atom. The second kappa shape index (κ2) is 7.75. The lowest BCUT2D eigenvalue weighted by molar-refractivity contribution is -0.134. The van der Waals surface area contributed by atoms with Crippen molar-refractivity contribution in [2.75, 3.05) is 0 Å². The molecule has 4 heteroatoms. The normalized spacial score (nSPS) is 10.0. The van der Waals surface area contributed by atoms with Crippen molar-refractivity contribution >= 4 is 18.1 Å². The molecule has 0 fully saturated rings. The Labute approximate surface area is 123 Å². The average molecular weight is 286 g/mol. The van der Waals surface area contributed by atoms with Crippen molar-refractivity contribution < 1.29 is 20.1 Å². The molecule has 0 heterocycles. The number of carbonyl (C=O) groups is 1. The molecule has 0 aliphatic carbocycles. The maximum atomic E-state index is 9.58. The second-order valence-electron chi connectivity index (χ2n) is 4.45. The predicted molar refractivity (Wildman–Crippen MR) is 83.2 cm³/mol. The zero-order chi connectivity index (χ0) is 15.8. The fourth-order valence-corrected chi connectivity index (χ4v) is 1.56. The number of aromatic hydroxyl groups is 2. The summed E-state index contributed by atoms with van der Waals surface area (Å²) in [5, 5.41) is 26.6. The summed E-state index contributed by atoms with van der Waals surface area (Å²) in [6.07, 6.45) is 3.79. The highest BCUT2D eigenvalue weighted by Crippen LogP contribution is 2.28. The molecule has 0 saturated heterocycles. The fraction of sp³-hybridized carbons (Fsp3) is 0.118. The summed E-state index contributed by atoms with van der Waals surface area (Å²) in [4.78, 5) is 9.00. The molecular weight excluding hydrogens is 268 g/mol. The maximum absolute atomic E-state index is 9.58. The van der Waals surface area contributed by atoms with E-state index in [1.54, 1.807) is 19.1 Å². The highest BCUT2D eigenvalue weighted by Gasteiger charge is 2.02. The molecule has 2 rings (SSSR count). The minimum absolute atomic E-state index is 0.109. The largest absolute Gasteiger partial charge is 0.508 e. The van der Waals surface area contributed by atoms with E-state index in [0.29, 0.717) is 5.56 Å². The first-order chi connectivity index (χ1) is 9.90. The van der Waals surface area contributed by atoms with Crippen LogP contribution in [0.2, 0.25) is 0 Å². The van der Waals surface area contributed by atoms with E-state index in [9.17, 15) is 10.2 Å². The summed E-state index contributed by atoms with van der Waals surface area (Å²) in [5.74, 6) is -0.615.